The Morgan fingerprint density at radius 1 is 1.24 bits per heavy atom. The van der Waals surface area contributed by atoms with Crippen LogP contribution in [0.2, 0.25) is 0 Å². The number of rotatable bonds is 6. The van der Waals surface area contributed by atoms with Crippen molar-refractivity contribution in [2.45, 2.75) is 13.0 Å². The van der Waals surface area contributed by atoms with Crippen molar-refractivity contribution in [3.05, 3.63) is 34.2 Å². The van der Waals surface area contributed by atoms with Crippen LogP contribution < -0.4 is 15.1 Å². The summed E-state index contributed by atoms with van der Waals surface area (Å²) in [6, 6.07) is 4.84. The first-order valence-electron chi connectivity index (χ1n) is 8.30. The quantitative estimate of drug-likeness (QED) is 0.784. The van der Waals surface area contributed by atoms with Gasteiger partial charge in [-0.25, -0.2) is 4.79 Å². The first-order valence-corrected chi connectivity index (χ1v) is 8.30. The molecule has 0 aliphatic carbocycles. The second-order valence-electron chi connectivity index (χ2n) is 6.13. The number of morpholine rings is 1. The molecule has 0 saturated carbocycles. The summed E-state index contributed by atoms with van der Waals surface area (Å²) in [5.41, 5.74) is 0.845. The van der Waals surface area contributed by atoms with E-state index >= 15 is 0 Å². The van der Waals surface area contributed by atoms with Crippen molar-refractivity contribution in [3.63, 3.8) is 0 Å². The van der Waals surface area contributed by atoms with E-state index in [4.69, 9.17) is 18.6 Å². The van der Waals surface area contributed by atoms with E-state index in [1.165, 1.54) is 13.2 Å². The van der Waals surface area contributed by atoms with Gasteiger partial charge in [0, 0.05) is 37.2 Å². The molecule has 3 rings (SSSR count). The fraction of sp³-hybridized carbons (Fsp3) is 0.500. The number of fused-ring (bicyclic) bond motifs is 1. The van der Waals surface area contributed by atoms with Crippen molar-refractivity contribution in [3.8, 4) is 11.5 Å². The third kappa shape index (κ3) is 4.31. The molecule has 0 amide bonds. The maximum atomic E-state index is 11.5. The van der Waals surface area contributed by atoms with E-state index in [-0.39, 0.29) is 6.61 Å². The van der Waals surface area contributed by atoms with Gasteiger partial charge in [-0.05, 0) is 18.6 Å². The second kappa shape index (κ2) is 7.86. The zero-order valence-corrected chi connectivity index (χ0v) is 14.5. The van der Waals surface area contributed by atoms with Crippen LogP contribution in [0.4, 0.5) is 0 Å². The molecule has 7 nitrogen and oxygen atoms in total. The maximum Gasteiger partial charge on any atom is 0.336 e. The van der Waals surface area contributed by atoms with Gasteiger partial charge >= 0.3 is 5.63 Å². The summed E-state index contributed by atoms with van der Waals surface area (Å²) < 4.78 is 21.6. The van der Waals surface area contributed by atoms with Crippen LogP contribution in [0.5, 0.6) is 11.5 Å². The number of hydrogen-bond donors (Lipinski definition) is 1. The number of aliphatic hydroxyl groups excluding tert-OH is 1. The number of benzene rings is 1. The van der Waals surface area contributed by atoms with E-state index in [1.54, 1.807) is 12.1 Å². The lowest BCUT2D eigenvalue weighted by atomic mass is 10.1. The van der Waals surface area contributed by atoms with Crippen molar-refractivity contribution in [1.29, 1.82) is 0 Å². The monoisotopic (exact) mass is 349 g/mol. The van der Waals surface area contributed by atoms with Gasteiger partial charge in [-0.2, -0.15) is 0 Å². The molecule has 0 bridgehead atoms. The predicted molar refractivity (Wildman–Crippen MR) is 92.5 cm³/mol. The van der Waals surface area contributed by atoms with E-state index in [1.807, 2.05) is 6.92 Å². The van der Waals surface area contributed by atoms with Crippen LogP contribution in [0.1, 0.15) is 5.56 Å². The van der Waals surface area contributed by atoms with Gasteiger partial charge < -0.3 is 23.7 Å². The molecule has 25 heavy (non-hydrogen) atoms. The molecule has 2 heterocycles. The fourth-order valence-electron chi connectivity index (χ4n) is 2.92. The Hall–Kier alpha value is -2.09. The van der Waals surface area contributed by atoms with Gasteiger partial charge in [0.1, 0.15) is 18.3 Å². The van der Waals surface area contributed by atoms with E-state index < -0.39 is 11.7 Å². The highest BCUT2D eigenvalue weighted by atomic mass is 16.5. The van der Waals surface area contributed by atoms with Crippen LogP contribution in [-0.4, -0.2) is 62.7 Å². The molecule has 1 aromatic heterocycles. The molecule has 1 aliphatic heterocycles. The molecule has 0 radical (unpaired) electrons. The first kappa shape index (κ1) is 17.7. The molecule has 0 unspecified atom stereocenters. The topological polar surface area (TPSA) is 81.4 Å². The smallest absolute Gasteiger partial charge is 0.336 e. The lowest BCUT2D eigenvalue weighted by molar-refractivity contribution is 0.00446. The van der Waals surface area contributed by atoms with E-state index in [0.29, 0.717) is 36.8 Å². The van der Waals surface area contributed by atoms with Crippen molar-refractivity contribution in [2.24, 2.45) is 0 Å². The zero-order chi connectivity index (χ0) is 17.8. The van der Waals surface area contributed by atoms with Crippen molar-refractivity contribution >= 4 is 11.0 Å². The van der Waals surface area contributed by atoms with Gasteiger partial charge in [0.2, 0.25) is 0 Å². The molecule has 0 spiro atoms. The lowest BCUT2D eigenvalue weighted by Crippen LogP contribution is -2.42. The summed E-state index contributed by atoms with van der Waals surface area (Å²) in [5.74, 6) is 0.966. The standard InChI is InChI=1S/C18H23NO6/c1-12-7-18(21)25-15-9-16(22-2)17(8-14(12)15)24-11-13(20)10-19-3-5-23-6-4-19/h7-9,13,20H,3-6,10-11H2,1-2H3/t13-/m1/s1. The Bertz CT molecular complexity index is 781. The third-order valence-electron chi connectivity index (χ3n) is 4.24. The molecule has 2 aromatic rings. The fourth-order valence-corrected chi connectivity index (χ4v) is 2.92. The normalized spacial score (nSPS) is 16.8. The number of aryl methyl sites for hydroxylation is 1. The summed E-state index contributed by atoms with van der Waals surface area (Å²) in [4.78, 5) is 13.7. The van der Waals surface area contributed by atoms with Crippen LogP contribution >= 0.6 is 0 Å². The molecular formula is C18H23NO6. The highest BCUT2D eigenvalue weighted by molar-refractivity contribution is 5.83. The summed E-state index contributed by atoms with van der Waals surface area (Å²) in [6.07, 6.45) is -0.617. The van der Waals surface area contributed by atoms with Crippen LogP contribution in [0.15, 0.2) is 27.4 Å². The van der Waals surface area contributed by atoms with E-state index in [9.17, 15) is 9.90 Å². The minimum atomic E-state index is -0.617. The number of nitrogens with zero attached hydrogens (tertiary/aromatic N) is 1. The van der Waals surface area contributed by atoms with Gasteiger partial charge in [0.25, 0.3) is 0 Å². The minimum absolute atomic E-state index is 0.148. The SMILES string of the molecule is COc1cc2oc(=O)cc(C)c2cc1OC[C@H](O)CN1CCOCC1. The third-order valence-corrected chi connectivity index (χ3v) is 4.24. The summed E-state index contributed by atoms with van der Waals surface area (Å²) in [7, 11) is 1.52. The van der Waals surface area contributed by atoms with Gasteiger partial charge in [-0.3, -0.25) is 4.90 Å². The molecular weight excluding hydrogens is 326 g/mol. The average Bonchev–Trinajstić information content (AvgIpc) is 2.60. The first-order chi connectivity index (χ1) is 12.1. The summed E-state index contributed by atoms with van der Waals surface area (Å²) in [5, 5.41) is 11.0. The number of β-amino-alcohol motifs (C(OH)–C–C–N with tert-alkyl or cyclic N) is 1. The number of ether oxygens (including phenoxy) is 3. The van der Waals surface area contributed by atoms with Gasteiger partial charge in [0.15, 0.2) is 11.5 Å². The van der Waals surface area contributed by atoms with E-state index in [2.05, 4.69) is 4.90 Å². The molecule has 1 N–H and O–H groups in total. The Balaban J connectivity index is 1.72. The zero-order valence-electron chi connectivity index (χ0n) is 14.5. The molecule has 1 atom stereocenters. The van der Waals surface area contributed by atoms with Crippen molar-refractivity contribution in [1.82, 2.24) is 4.90 Å². The average molecular weight is 349 g/mol. The molecule has 1 aliphatic rings. The van der Waals surface area contributed by atoms with Crippen molar-refractivity contribution < 1.29 is 23.7 Å². The maximum absolute atomic E-state index is 11.5. The molecule has 7 heteroatoms. The molecule has 1 saturated heterocycles. The molecule has 1 fully saturated rings. The molecule has 136 valence electrons. The second-order valence-corrected chi connectivity index (χ2v) is 6.13. The minimum Gasteiger partial charge on any atom is -0.493 e. The van der Waals surface area contributed by atoms with E-state index in [0.717, 1.165) is 24.0 Å². The number of hydrogen-bond acceptors (Lipinski definition) is 7. The van der Waals surface area contributed by atoms with Crippen LogP contribution in [0, 0.1) is 6.92 Å². The Morgan fingerprint density at radius 2 is 2.00 bits per heavy atom. The largest absolute Gasteiger partial charge is 0.493 e. The molecule has 1 aromatic carbocycles. The van der Waals surface area contributed by atoms with Gasteiger partial charge in [-0.15, -0.1) is 0 Å². The predicted octanol–water partition coefficient (Wildman–Crippen LogP) is 1.18. The Labute approximate surface area is 145 Å². The van der Waals surface area contributed by atoms with Crippen LogP contribution in [-0.2, 0) is 4.74 Å². The van der Waals surface area contributed by atoms with Gasteiger partial charge in [-0.1, -0.05) is 0 Å². The Kier molecular flexibility index (Phi) is 5.57. The van der Waals surface area contributed by atoms with Gasteiger partial charge in [0.05, 0.1) is 20.3 Å². The Morgan fingerprint density at radius 3 is 2.72 bits per heavy atom. The summed E-state index contributed by atoms with van der Waals surface area (Å²) in [6.45, 7) is 5.53. The number of methoxy groups -OCH3 is 1. The highest BCUT2D eigenvalue weighted by Crippen LogP contribution is 2.33. The summed E-state index contributed by atoms with van der Waals surface area (Å²) >= 11 is 0. The lowest BCUT2D eigenvalue weighted by Gasteiger charge is -2.28. The highest BCUT2D eigenvalue weighted by Gasteiger charge is 2.17. The van der Waals surface area contributed by atoms with Crippen molar-refractivity contribution in [2.75, 3.05) is 46.6 Å². The van der Waals surface area contributed by atoms with Crippen LogP contribution in [0.3, 0.4) is 0 Å². The number of aliphatic hydroxyl groups is 1. The van der Waals surface area contributed by atoms with Crippen LogP contribution in [0.25, 0.3) is 11.0 Å².